The summed E-state index contributed by atoms with van der Waals surface area (Å²) in [6.07, 6.45) is 0. The van der Waals surface area contributed by atoms with E-state index in [0.29, 0.717) is 27.2 Å². The second kappa shape index (κ2) is 6.16. The van der Waals surface area contributed by atoms with Gasteiger partial charge in [0.2, 0.25) is 0 Å². The maximum Gasteiger partial charge on any atom is 0.101 e. The second-order valence-electron chi connectivity index (χ2n) is 3.91. The summed E-state index contributed by atoms with van der Waals surface area (Å²) in [5.41, 5.74) is 2.31. The van der Waals surface area contributed by atoms with E-state index in [0.717, 1.165) is 11.3 Å². The van der Waals surface area contributed by atoms with Gasteiger partial charge < -0.3 is 5.32 Å². The number of hydrogen-bond acceptors (Lipinski definition) is 2. The van der Waals surface area contributed by atoms with Gasteiger partial charge in [0.15, 0.2) is 0 Å². The highest BCUT2D eigenvalue weighted by atomic mass is 35.5. The molecule has 0 aliphatic carbocycles. The van der Waals surface area contributed by atoms with Gasteiger partial charge in [0.05, 0.1) is 20.6 Å². The number of nitriles is 1. The predicted molar refractivity (Wildman–Crippen MR) is 80.0 cm³/mol. The van der Waals surface area contributed by atoms with Crippen LogP contribution in [0.15, 0.2) is 36.4 Å². The standard InChI is InChI=1S/C14H9Cl3N2/c15-12-4-1-9(5-14(12)17)8-19-11-3-2-10(7-18)13(16)6-11/h1-6,19H,8H2. The first-order chi connectivity index (χ1) is 9.10. The highest BCUT2D eigenvalue weighted by Gasteiger charge is 2.02. The van der Waals surface area contributed by atoms with Crippen molar-refractivity contribution in [1.82, 2.24) is 0 Å². The van der Waals surface area contributed by atoms with Gasteiger partial charge in [-0.1, -0.05) is 40.9 Å². The van der Waals surface area contributed by atoms with Gasteiger partial charge in [-0.25, -0.2) is 0 Å². The Morgan fingerprint density at radius 3 is 2.37 bits per heavy atom. The van der Waals surface area contributed by atoms with Gasteiger partial charge in [0.25, 0.3) is 0 Å². The van der Waals surface area contributed by atoms with E-state index < -0.39 is 0 Å². The zero-order chi connectivity index (χ0) is 13.8. The van der Waals surface area contributed by atoms with Crippen LogP contribution in [0, 0.1) is 11.3 Å². The highest BCUT2D eigenvalue weighted by Crippen LogP contribution is 2.24. The molecular formula is C14H9Cl3N2. The molecule has 19 heavy (non-hydrogen) atoms. The van der Waals surface area contributed by atoms with Crippen LogP contribution < -0.4 is 5.32 Å². The van der Waals surface area contributed by atoms with Crippen molar-refractivity contribution in [3.63, 3.8) is 0 Å². The summed E-state index contributed by atoms with van der Waals surface area (Å²) in [7, 11) is 0. The molecule has 0 amide bonds. The van der Waals surface area contributed by atoms with Crippen molar-refractivity contribution in [1.29, 1.82) is 5.26 Å². The van der Waals surface area contributed by atoms with Crippen LogP contribution in [-0.4, -0.2) is 0 Å². The van der Waals surface area contributed by atoms with Gasteiger partial charge >= 0.3 is 0 Å². The maximum atomic E-state index is 8.79. The van der Waals surface area contributed by atoms with Gasteiger partial charge in [-0.3, -0.25) is 0 Å². The van der Waals surface area contributed by atoms with E-state index in [2.05, 4.69) is 5.32 Å². The Kier molecular flexibility index (Phi) is 4.55. The Morgan fingerprint density at radius 2 is 1.74 bits per heavy atom. The molecule has 2 aromatic rings. The molecule has 0 bridgehead atoms. The Hall–Kier alpha value is -1.40. The van der Waals surface area contributed by atoms with E-state index in [1.807, 2.05) is 24.3 Å². The zero-order valence-electron chi connectivity index (χ0n) is 9.75. The lowest BCUT2D eigenvalue weighted by molar-refractivity contribution is 1.15. The van der Waals surface area contributed by atoms with Gasteiger partial charge in [0, 0.05) is 12.2 Å². The lowest BCUT2D eigenvalue weighted by Crippen LogP contribution is -1.99. The van der Waals surface area contributed by atoms with E-state index in [1.165, 1.54) is 0 Å². The van der Waals surface area contributed by atoms with Crippen molar-refractivity contribution in [3.8, 4) is 6.07 Å². The number of anilines is 1. The summed E-state index contributed by atoms with van der Waals surface area (Å²) in [6.45, 7) is 0.596. The van der Waals surface area contributed by atoms with E-state index in [9.17, 15) is 0 Å². The van der Waals surface area contributed by atoms with E-state index in [1.54, 1.807) is 18.2 Å². The van der Waals surface area contributed by atoms with Crippen LogP contribution in [0.5, 0.6) is 0 Å². The third-order valence-corrected chi connectivity index (χ3v) is 3.62. The first-order valence-electron chi connectivity index (χ1n) is 5.47. The largest absolute Gasteiger partial charge is 0.381 e. The van der Waals surface area contributed by atoms with Gasteiger partial charge in [-0.15, -0.1) is 0 Å². The molecule has 96 valence electrons. The fourth-order valence-electron chi connectivity index (χ4n) is 1.57. The number of benzene rings is 2. The zero-order valence-corrected chi connectivity index (χ0v) is 12.0. The minimum absolute atomic E-state index is 0.432. The van der Waals surface area contributed by atoms with Crippen LogP contribution in [0.25, 0.3) is 0 Å². The third kappa shape index (κ3) is 3.54. The summed E-state index contributed by atoms with van der Waals surface area (Å²) in [4.78, 5) is 0. The Morgan fingerprint density at radius 1 is 0.947 bits per heavy atom. The molecule has 0 radical (unpaired) electrons. The lowest BCUT2D eigenvalue weighted by Gasteiger charge is -2.08. The average Bonchev–Trinajstić information content (AvgIpc) is 2.40. The van der Waals surface area contributed by atoms with Crippen LogP contribution >= 0.6 is 34.8 Å². The Bertz CT molecular complexity index is 648. The molecule has 2 nitrogen and oxygen atoms in total. The predicted octanol–water partition coefficient (Wildman–Crippen LogP) is 5.13. The fraction of sp³-hybridized carbons (Fsp3) is 0.0714. The minimum Gasteiger partial charge on any atom is -0.381 e. The maximum absolute atomic E-state index is 8.79. The van der Waals surface area contributed by atoms with Crippen molar-refractivity contribution in [2.24, 2.45) is 0 Å². The van der Waals surface area contributed by atoms with Crippen LogP contribution in [0.1, 0.15) is 11.1 Å². The van der Waals surface area contributed by atoms with E-state index >= 15 is 0 Å². The summed E-state index contributed by atoms with van der Waals surface area (Å²) in [6, 6.07) is 12.7. The number of hydrogen-bond donors (Lipinski definition) is 1. The van der Waals surface area contributed by atoms with Crippen molar-refractivity contribution < 1.29 is 0 Å². The van der Waals surface area contributed by atoms with Crippen LogP contribution in [-0.2, 0) is 6.54 Å². The quantitative estimate of drug-likeness (QED) is 0.853. The van der Waals surface area contributed by atoms with E-state index in [-0.39, 0.29) is 0 Å². The molecule has 0 saturated carbocycles. The van der Waals surface area contributed by atoms with E-state index in [4.69, 9.17) is 40.1 Å². The van der Waals surface area contributed by atoms with Gasteiger partial charge in [0.1, 0.15) is 6.07 Å². The van der Waals surface area contributed by atoms with Crippen molar-refractivity contribution in [3.05, 3.63) is 62.6 Å². The third-order valence-electron chi connectivity index (χ3n) is 2.57. The molecule has 0 saturated heterocycles. The topological polar surface area (TPSA) is 35.8 Å². The molecule has 0 heterocycles. The molecule has 0 aliphatic heterocycles. The fourth-order valence-corrected chi connectivity index (χ4v) is 2.11. The minimum atomic E-state index is 0.432. The molecule has 2 rings (SSSR count). The Labute approximate surface area is 126 Å². The van der Waals surface area contributed by atoms with Crippen molar-refractivity contribution in [2.45, 2.75) is 6.54 Å². The van der Waals surface area contributed by atoms with Crippen molar-refractivity contribution in [2.75, 3.05) is 5.32 Å². The molecule has 0 unspecified atom stereocenters. The molecule has 0 aliphatic rings. The SMILES string of the molecule is N#Cc1ccc(NCc2ccc(Cl)c(Cl)c2)cc1Cl. The summed E-state index contributed by atoms with van der Waals surface area (Å²) < 4.78 is 0. The molecule has 0 aromatic heterocycles. The molecule has 0 atom stereocenters. The first kappa shape index (κ1) is 14.0. The molecule has 1 N–H and O–H groups in total. The number of halogens is 3. The average molecular weight is 312 g/mol. The second-order valence-corrected chi connectivity index (χ2v) is 5.13. The molecule has 0 fully saturated rings. The van der Waals surface area contributed by atoms with Crippen LogP contribution in [0.4, 0.5) is 5.69 Å². The molecular weight excluding hydrogens is 303 g/mol. The first-order valence-corrected chi connectivity index (χ1v) is 6.61. The molecule has 2 aromatic carbocycles. The summed E-state index contributed by atoms with van der Waals surface area (Å²) in [5.74, 6) is 0. The van der Waals surface area contributed by atoms with Gasteiger partial charge in [-0.05, 0) is 35.9 Å². The number of nitrogens with one attached hydrogen (secondary N) is 1. The Balaban J connectivity index is 2.08. The normalized spacial score (nSPS) is 10.0. The summed E-state index contributed by atoms with van der Waals surface area (Å²) >= 11 is 17.8. The van der Waals surface area contributed by atoms with Crippen molar-refractivity contribution >= 4 is 40.5 Å². The molecule has 0 spiro atoms. The monoisotopic (exact) mass is 310 g/mol. The van der Waals surface area contributed by atoms with Gasteiger partial charge in [-0.2, -0.15) is 5.26 Å². The van der Waals surface area contributed by atoms with Crippen LogP contribution in [0.3, 0.4) is 0 Å². The number of nitrogens with zero attached hydrogens (tertiary/aromatic N) is 1. The lowest BCUT2D eigenvalue weighted by atomic mass is 10.2. The molecule has 5 heteroatoms. The number of rotatable bonds is 3. The highest BCUT2D eigenvalue weighted by molar-refractivity contribution is 6.42. The van der Waals surface area contributed by atoms with Crippen LogP contribution in [0.2, 0.25) is 15.1 Å². The summed E-state index contributed by atoms with van der Waals surface area (Å²) in [5, 5.41) is 13.5. The smallest absolute Gasteiger partial charge is 0.101 e.